The molecule has 4 rings (SSSR count). The summed E-state index contributed by atoms with van der Waals surface area (Å²) in [6.45, 7) is 5.85. The van der Waals surface area contributed by atoms with E-state index in [1.165, 1.54) is 31.3 Å². The monoisotopic (exact) mass is 348 g/mol. The minimum Gasteiger partial charge on any atom is -0.481 e. The van der Waals surface area contributed by atoms with Crippen LogP contribution in [0.4, 0.5) is 0 Å². The molecule has 4 aliphatic rings. The number of hydrogen-bond donors (Lipinski definition) is 2. The molecular formula is C21H32O4. The van der Waals surface area contributed by atoms with E-state index in [1.54, 1.807) is 0 Å². The lowest BCUT2D eigenvalue weighted by molar-refractivity contribution is -0.134. The molecule has 3 saturated carbocycles. The van der Waals surface area contributed by atoms with E-state index in [0.717, 1.165) is 44.4 Å². The number of aliphatic carboxylic acids is 1. The molecule has 0 radical (unpaired) electrons. The fourth-order valence-corrected chi connectivity index (χ4v) is 6.53. The topological polar surface area (TPSA) is 74.6 Å². The first kappa shape index (κ1) is 18.6. The lowest BCUT2D eigenvalue weighted by Gasteiger charge is -2.57. The summed E-state index contributed by atoms with van der Waals surface area (Å²) in [7, 11) is 0. The van der Waals surface area contributed by atoms with Gasteiger partial charge in [-0.3, -0.25) is 9.59 Å². The summed E-state index contributed by atoms with van der Waals surface area (Å²) in [6, 6.07) is 0. The Morgan fingerprint density at radius 2 is 1.76 bits per heavy atom. The van der Waals surface area contributed by atoms with Crippen molar-refractivity contribution in [1.82, 2.24) is 0 Å². The Labute approximate surface area is 150 Å². The van der Waals surface area contributed by atoms with Crippen LogP contribution in [0, 0.1) is 28.6 Å². The van der Waals surface area contributed by atoms with E-state index >= 15 is 0 Å². The van der Waals surface area contributed by atoms with Crippen molar-refractivity contribution in [2.75, 3.05) is 0 Å². The molecule has 0 aromatic rings. The fourth-order valence-electron chi connectivity index (χ4n) is 6.53. The van der Waals surface area contributed by atoms with Gasteiger partial charge in [0.05, 0.1) is 6.10 Å². The van der Waals surface area contributed by atoms with E-state index in [1.807, 2.05) is 6.08 Å². The highest BCUT2D eigenvalue weighted by molar-refractivity contribution is 5.91. The standard InChI is InChI=1S/C19H28O2.C2H4O2/c1-18-9-7-13(20)11-12(18)3-4-14-15-5-6-17(21)19(15,2)10-8-16(14)18;1-2(3)4/h11,14-17,21H,3-10H2,1-2H3;1H3,(H,3,4)/t14-,15-,16-,17-,18-,19-;/m0./s1. The molecule has 140 valence electrons. The van der Waals surface area contributed by atoms with Gasteiger partial charge in [-0.1, -0.05) is 19.4 Å². The zero-order valence-corrected chi connectivity index (χ0v) is 15.8. The first-order valence-electron chi connectivity index (χ1n) is 9.80. The van der Waals surface area contributed by atoms with Crippen LogP contribution in [0.5, 0.6) is 0 Å². The van der Waals surface area contributed by atoms with Gasteiger partial charge in [0.1, 0.15) is 0 Å². The van der Waals surface area contributed by atoms with Gasteiger partial charge in [-0.05, 0) is 79.6 Å². The van der Waals surface area contributed by atoms with Crippen LogP contribution in [0.25, 0.3) is 0 Å². The van der Waals surface area contributed by atoms with Crippen LogP contribution in [0.1, 0.15) is 72.1 Å². The van der Waals surface area contributed by atoms with Gasteiger partial charge in [-0.25, -0.2) is 0 Å². The molecule has 0 aromatic heterocycles. The van der Waals surface area contributed by atoms with Gasteiger partial charge in [0.2, 0.25) is 0 Å². The maximum absolute atomic E-state index is 11.8. The predicted octanol–water partition coefficient (Wildman–Crippen LogP) is 3.97. The molecule has 4 aliphatic carbocycles. The minimum atomic E-state index is -0.833. The van der Waals surface area contributed by atoms with E-state index < -0.39 is 5.97 Å². The van der Waals surface area contributed by atoms with Crippen molar-refractivity contribution in [3.05, 3.63) is 11.6 Å². The Balaban J connectivity index is 0.000000415. The van der Waals surface area contributed by atoms with Gasteiger partial charge in [-0.2, -0.15) is 0 Å². The average molecular weight is 348 g/mol. The summed E-state index contributed by atoms with van der Waals surface area (Å²) in [5, 5.41) is 17.9. The number of fused-ring (bicyclic) bond motifs is 5. The van der Waals surface area contributed by atoms with E-state index in [-0.39, 0.29) is 16.9 Å². The molecular weight excluding hydrogens is 316 g/mol. The number of carbonyl (C=O) groups is 2. The van der Waals surface area contributed by atoms with Gasteiger partial charge >= 0.3 is 0 Å². The van der Waals surface area contributed by atoms with Crippen molar-refractivity contribution in [2.24, 2.45) is 28.6 Å². The summed E-state index contributed by atoms with van der Waals surface area (Å²) < 4.78 is 0. The number of carbonyl (C=O) groups excluding carboxylic acids is 1. The van der Waals surface area contributed by atoms with Crippen molar-refractivity contribution >= 4 is 11.8 Å². The van der Waals surface area contributed by atoms with E-state index in [0.29, 0.717) is 11.7 Å². The molecule has 0 aliphatic heterocycles. The number of ketones is 1. The van der Waals surface area contributed by atoms with Crippen LogP contribution >= 0.6 is 0 Å². The first-order chi connectivity index (χ1) is 11.7. The molecule has 0 bridgehead atoms. The van der Waals surface area contributed by atoms with Crippen LogP contribution in [0.2, 0.25) is 0 Å². The molecule has 0 aromatic carbocycles. The molecule has 0 spiro atoms. The highest BCUT2D eigenvalue weighted by atomic mass is 16.4. The Bertz CT molecular complexity index is 591. The third-order valence-electron chi connectivity index (χ3n) is 7.91. The van der Waals surface area contributed by atoms with Crippen molar-refractivity contribution in [1.29, 1.82) is 0 Å². The quantitative estimate of drug-likeness (QED) is 0.694. The lowest BCUT2D eigenvalue weighted by Crippen LogP contribution is -2.51. The average Bonchev–Trinajstić information content (AvgIpc) is 2.83. The maximum atomic E-state index is 11.8. The number of allylic oxidation sites excluding steroid dienone is 1. The molecule has 0 saturated heterocycles. The maximum Gasteiger partial charge on any atom is 0.300 e. The number of aliphatic hydroxyl groups is 1. The summed E-state index contributed by atoms with van der Waals surface area (Å²) in [6.07, 6.45) is 10.7. The third kappa shape index (κ3) is 3.07. The van der Waals surface area contributed by atoms with Gasteiger partial charge in [0.25, 0.3) is 5.97 Å². The smallest absolute Gasteiger partial charge is 0.300 e. The number of carboxylic acid groups (broad SMARTS) is 1. The second-order valence-electron chi connectivity index (χ2n) is 9.13. The summed E-state index contributed by atoms with van der Waals surface area (Å²) in [4.78, 5) is 20.8. The number of carboxylic acids is 1. The Hall–Kier alpha value is -1.16. The molecule has 4 nitrogen and oxygen atoms in total. The van der Waals surface area contributed by atoms with Gasteiger partial charge in [0.15, 0.2) is 5.78 Å². The number of hydrogen-bond acceptors (Lipinski definition) is 3. The van der Waals surface area contributed by atoms with Crippen molar-refractivity contribution in [3.8, 4) is 0 Å². The van der Waals surface area contributed by atoms with Gasteiger partial charge in [0, 0.05) is 13.3 Å². The van der Waals surface area contributed by atoms with E-state index in [9.17, 15) is 9.90 Å². The summed E-state index contributed by atoms with van der Waals surface area (Å²) in [5.41, 5.74) is 1.89. The second kappa shape index (κ2) is 6.53. The van der Waals surface area contributed by atoms with Gasteiger partial charge in [-0.15, -0.1) is 0 Å². The second-order valence-corrected chi connectivity index (χ2v) is 9.13. The molecule has 3 fully saturated rings. The molecule has 25 heavy (non-hydrogen) atoms. The van der Waals surface area contributed by atoms with Crippen LogP contribution in [0.15, 0.2) is 11.6 Å². The van der Waals surface area contributed by atoms with Crippen molar-refractivity contribution < 1.29 is 19.8 Å². The number of aliphatic hydroxyl groups excluding tert-OH is 1. The summed E-state index contributed by atoms with van der Waals surface area (Å²) >= 11 is 0. The Kier molecular flexibility index (Phi) is 4.87. The lowest BCUT2D eigenvalue weighted by atomic mass is 9.47. The third-order valence-corrected chi connectivity index (χ3v) is 7.91. The fraction of sp³-hybridized carbons (Fsp3) is 0.810. The van der Waals surface area contributed by atoms with Crippen LogP contribution < -0.4 is 0 Å². The number of rotatable bonds is 0. The van der Waals surface area contributed by atoms with Crippen LogP contribution in [-0.2, 0) is 9.59 Å². The normalized spacial score (nSPS) is 45.3. The van der Waals surface area contributed by atoms with Crippen molar-refractivity contribution in [2.45, 2.75) is 78.2 Å². The Morgan fingerprint density at radius 3 is 2.44 bits per heavy atom. The molecule has 0 unspecified atom stereocenters. The molecule has 0 heterocycles. The molecule has 0 amide bonds. The van der Waals surface area contributed by atoms with E-state index in [4.69, 9.17) is 9.90 Å². The van der Waals surface area contributed by atoms with Crippen molar-refractivity contribution in [3.63, 3.8) is 0 Å². The predicted molar refractivity (Wildman–Crippen MR) is 96.0 cm³/mol. The minimum absolute atomic E-state index is 0.0823. The van der Waals surface area contributed by atoms with Crippen LogP contribution in [-0.4, -0.2) is 28.1 Å². The zero-order valence-electron chi connectivity index (χ0n) is 15.8. The highest BCUT2D eigenvalue weighted by Crippen LogP contribution is 2.65. The highest BCUT2D eigenvalue weighted by Gasteiger charge is 2.58. The van der Waals surface area contributed by atoms with Crippen LogP contribution in [0.3, 0.4) is 0 Å². The van der Waals surface area contributed by atoms with Gasteiger partial charge < -0.3 is 10.2 Å². The van der Waals surface area contributed by atoms with E-state index in [2.05, 4.69) is 13.8 Å². The molecule has 6 atom stereocenters. The Morgan fingerprint density at radius 1 is 1.08 bits per heavy atom. The molecule has 4 heteroatoms. The SMILES string of the molecule is CC(=O)O.C[C@]12CC[C@H]3[C@@H](CCC4=CC(=O)CC[C@@]43C)[C@@H]1CC[C@@H]2O. The zero-order chi connectivity index (χ0) is 18.4. The molecule has 2 N–H and O–H groups in total. The first-order valence-corrected chi connectivity index (χ1v) is 9.80. The summed E-state index contributed by atoms with van der Waals surface area (Å²) in [5.74, 6) is 1.74. The largest absolute Gasteiger partial charge is 0.481 e.